The molecule has 14 heavy (non-hydrogen) atoms. The average Bonchev–Trinajstić information content (AvgIpc) is 2.45. The first-order chi connectivity index (χ1) is 6.74. The summed E-state index contributed by atoms with van der Waals surface area (Å²) in [5, 5.41) is 11.6. The van der Waals surface area contributed by atoms with E-state index in [4.69, 9.17) is 5.11 Å². The lowest BCUT2D eigenvalue weighted by Crippen LogP contribution is -2.45. The van der Waals surface area contributed by atoms with E-state index in [1.165, 1.54) is 12.8 Å². The monoisotopic (exact) mass is 200 g/mol. The van der Waals surface area contributed by atoms with Gasteiger partial charge in [0.15, 0.2) is 0 Å². The van der Waals surface area contributed by atoms with E-state index >= 15 is 0 Å². The molecular formula is C10H20N2O2. The molecule has 0 aromatic heterocycles. The number of hydrogen-bond donors (Lipinski definition) is 2. The zero-order chi connectivity index (χ0) is 10.4. The van der Waals surface area contributed by atoms with Gasteiger partial charge < -0.3 is 15.3 Å². The Labute approximate surface area is 85.3 Å². The largest absolute Gasteiger partial charge is 0.394 e. The number of nitrogens with one attached hydrogen (secondary N) is 1. The van der Waals surface area contributed by atoms with Gasteiger partial charge >= 0.3 is 6.03 Å². The van der Waals surface area contributed by atoms with Gasteiger partial charge in [-0.05, 0) is 19.8 Å². The summed E-state index contributed by atoms with van der Waals surface area (Å²) in [6.45, 7) is 3.50. The highest BCUT2D eigenvalue weighted by Gasteiger charge is 2.16. The van der Waals surface area contributed by atoms with Crippen LogP contribution < -0.4 is 5.32 Å². The Kier molecular flexibility index (Phi) is 4.73. The van der Waals surface area contributed by atoms with Gasteiger partial charge in [0.05, 0.1) is 12.6 Å². The molecule has 1 heterocycles. The van der Waals surface area contributed by atoms with Gasteiger partial charge in [-0.15, -0.1) is 0 Å². The number of likely N-dealkylation sites (tertiary alicyclic amines) is 1. The predicted octanol–water partition coefficient (Wildman–Crippen LogP) is 0.953. The van der Waals surface area contributed by atoms with E-state index in [1.807, 2.05) is 4.90 Å². The molecule has 1 atom stereocenters. The first-order valence-electron chi connectivity index (χ1n) is 5.40. The lowest BCUT2D eigenvalue weighted by molar-refractivity contribution is 0.186. The van der Waals surface area contributed by atoms with Crippen molar-refractivity contribution in [3.8, 4) is 0 Å². The van der Waals surface area contributed by atoms with Gasteiger partial charge in [0, 0.05) is 13.1 Å². The lowest BCUT2D eigenvalue weighted by Gasteiger charge is -2.22. The van der Waals surface area contributed by atoms with Crippen LogP contribution in [0.4, 0.5) is 4.79 Å². The summed E-state index contributed by atoms with van der Waals surface area (Å²) < 4.78 is 0. The van der Waals surface area contributed by atoms with Crippen LogP contribution in [0.5, 0.6) is 0 Å². The minimum absolute atomic E-state index is 0.000417. The maximum absolute atomic E-state index is 11.6. The van der Waals surface area contributed by atoms with Crippen LogP contribution in [0, 0.1) is 0 Å². The van der Waals surface area contributed by atoms with E-state index in [0.717, 1.165) is 25.9 Å². The minimum Gasteiger partial charge on any atom is -0.394 e. The highest BCUT2D eigenvalue weighted by atomic mass is 16.3. The molecule has 0 radical (unpaired) electrons. The van der Waals surface area contributed by atoms with Crippen LogP contribution in [0.25, 0.3) is 0 Å². The second-order valence-corrected chi connectivity index (χ2v) is 3.93. The fraction of sp³-hybridized carbons (Fsp3) is 0.900. The Morgan fingerprint density at radius 3 is 2.43 bits per heavy atom. The number of amides is 2. The molecule has 82 valence electrons. The number of carbonyl (C=O) groups excluding carboxylic acids is 1. The standard InChI is InChI=1S/C10H20N2O2/c1-9(8-13)11-10(14)12-6-4-2-3-5-7-12/h9,13H,2-8H2,1H3,(H,11,14). The molecule has 1 aliphatic rings. The van der Waals surface area contributed by atoms with Crippen molar-refractivity contribution in [2.75, 3.05) is 19.7 Å². The van der Waals surface area contributed by atoms with Crippen LogP contribution in [-0.2, 0) is 0 Å². The molecule has 0 saturated carbocycles. The Balaban J connectivity index is 2.34. The maximum Gasteiger partial charge on any atom is 0.317 e. The number of carbonyl (C=O) groups is 1. The molecule has 4 heteroatoms. The van der Waals surface area contributed by atoms with Crippen LogP contribution in [0.1, 0.15) is 32.6 Å². The van der Waals surface area contributed by atoms with Crippen molar-refractivity contribution < 1.29 is 9.90 Å². The topological polar surface area (TPSA) is 52.6 Å². The average molecular weight is 200 g/mol. The van der Waals surface area contributed by atoms with E-state index < -0.39 is 0 Å². The highest BCUT2D eigenvalue weighted by Crippen LogP contribution is 2.09. The molecule has 1 aliphatic heterocycles. The molecule has 4 nitrogen and oxygen atoms in total. The van der Waals surface area contributed by atoms with Crippen LogP contribution >= 0.6 is 0 Å². The van der Waals surface area contributed by atoms with Crippen molar-refractivity contribution in [3.05, 3.63) is 0 Å². The zero-order valence-corrected chi connectivity index (χ0v) is 8.83. The van der Waals surface area contributed by atoms with E-state index in [9.17, 15) is 4.79 Å². The number of nitrogens with zero attached hydrogens (tertiary/aromatic N) is 1. The Hall–Kier alpha value is -0.770. The Morgan fingerprint density at radius 2 is 1.93 bits per heavy atom. The van der Waals surface area contributed by atoms with Gasteiger partial charge in [0.1, 0.15) is 0 Å². The summed E-state index contributed by atoms with van der Waals surface area (Å²) in [6, 6.07) is -0.181. The molecule has 0 aromatic rings. The molecule has 0 bridgehead atoms. The van der Waals surface area contributed by atoms with Gasteiger partial charge in [0.25, 0.3) is 0 Å². The van der Waals surface area contributed by atoms with Crippen LogP contribution in [0.2, 0.25) is 0 Å². The van der Waals surface area contributed by atoms with Gasteiger partial charge in [0.2, 0.25) is 0 Å². The fourth-order valence-corrected chi connectivity index (χ4v) is 1.62. The van der Waals surface area contributed by atoms with Crippen molar-refractivity contribution in [2.24, 2.45) is 0 Å². The molecule has 2 amide bonds. The van der Waals surface area contributed by atoms with Gasteiger partial charge in [-0.25, -0.2) is 4.79 Å². The van der Waals surface area contributed by atoms with Crippen molar-refractivity contribution in [1.29, 1.82) is 0 Å². The molecule has 0 aliphatic carbocycles. The number of rotatable bonds is 2. The first kappa shape index (κ1) is 11.3. The van der Waals surface area contributed by atoms with E-state index in [-0.39, 0.29) is 18.7 Å². The predicted molar refractivity (Wildman–Crippen MR) is 55.1 cm³/mol. The second-order valence-electron chi connectivity index (χ2n) is 3.93. The third-order valence-electron chi connectivity index (χ3n) is 2.54. The van der Waals surface area contributed by atoms with Gasteiger partial charge in [-0.1, -0.05) is 12.8 Å². The summed E-state index contributed by atoms with van der Waals surface area (Å²) in [6.07, 6.45) is 4.64. The molecule has 2 N–H and O–H groups in total. The lowest BCUT2D eigenvalue weighted by atomic mass is 10.2. The Morgan fingerprint density at radius 1 is 1.36 bits per heavy atom. The summed E-state index contributed by atoms with van der Waals surface area (Å²) in [5.74, 6) is 0. The summed E-state index contributed by atoms with van der Waals surface area (Å²) in [5.41, 5.74) is 0. The zero-order valence-electron chi connectivity index (χ0n) is 8.83. The summed E-state index contributed by atoms with van der Waals surface area (Å²) in [4.78, 5) is 13.5. The van der Waals surface area contributed by atoms with Gasteiger partial charge in [-0.2, -0.15) is 0 Å². The summed E-state index contributed by atoms with van der Waals surface area (Å²) in [7, 11) is 0. The quantitative estimate of drug-likeness (QED) is 0.697. The second kappa shape index (κ2) is 5.86. The van der Waals surface area contributed by atoms with Crippen LogP contribution in [-0.4, -0.2) is 41.8 Å². The number of aliphatic hydroxyl groups excluding tert-OH is 1. The number of hydrogen-bond acceptors (Lipinski definition) is 2. The minimum atomic E-state index is -0.147. The van der Waals surface area contributed by atoms with Crippen LogP contribution in [0.15, 0.2) is 0 Å². The molecule has 1 fully saturated rings. The van der Waals surface area contributed by atoms with Gasteiger partial charge in [-0.3, -0.25) is 0 Å². The molecule has 1 saturated heterocycles. The normalized spacial score (nSPS) is 20.0. The fourth-order valence-electron chi connectivity index (χ4n) is 1.62. The maximum atomic E-state index is 11.6. The first-order valence-corrected chi connectivity index (χ1v) is 5.40. The van der Waals surface area contributed by atoms with E-state index in [2.05, 4.69) is 5.32 Å². The Bertz CT molecular complexity index is 177. The molecule has 0 aromatic carbocycles. The highest BCUT2D eigenvalue weighted by molar-refractivity contribution is 5.74. The van der Waals surface area contributed by atoms with Crippen molar-refractivity contribution in [3.63, 3.8) is 0 Å². The third kappa shape index (κ3) is 3.54. The number of urea groups is 1. The SMILES string of the molecule is CC(CO)NC(=O)N1CCCCCC1. The smallest absolute Gasteiger partial charge is 0.317 e. The van der Waals surface area contributed by atoms with Crippen LogP contribution in [0.3, 0.4) is 0 Å². The molecule has 1 rings (SSSR count). The number of aliphatic hydroxyl groups is 1. The molecule has 1 unspecified atom stereocenters. The third-order valence-corrected chi connectivity index (χ3v) is 2.54. The van der Waals surface area contributed by atoms with Crippen molar-refractivity contribution in [1.82, 2.24) is 10.2 Å². The van der Waals surface area contributed by atoms with Crippen molar-refractivity contribution >= 4 is 6.03 Å². The van der Waals surface area contributed by atoms with E-state index in [0.29, 0.717) is 0 Å². The summed E-state index contributed by atoms with van der Waals surface area (Å²) >= 11 is 0. The molecular weight excluding hydrogens is 180 g/mol. The van der Waals surface area contributed by atoms with E-state index in [1.54, 1.807) is 6.92 Å². The molecule has 0 spiro atoms. The van der Waals surface area contributed by atoms with Crippen molar-refractivity contribution in [2.45, 2.75) is 38.6 Å².